The van der Waals surface area contributed by atoms with Crippen LogP contribution in [0.3, 0.4) is 0 Å². The maximum atomic E-state index is 13.8. The molecule has 2 aromatic heterocycles. The Balaban J connectivity index is 1.58. The smallest absolute Gasteiger partial charge is 0.379 e. The average molecular weight is 575 g/mol. The molecule has 1 aliphatic rings. The third-order valence-corrected chi connectivity index (χ3v) is 7.34. The van der Waals surface area contributed by atoms with Crippen LogP contribution < -0.4 is 29.1 Å². The van der Waals surface area contributed by atoms with Gasteiger partial charge in [-0.15, -0.1) is 0 Å². The van der Waals surface area contributed by atoms with E-state index in [0.29, 0.717) is 43.2 Å². The minimum Gasteiger partial charge on any atom is -0.497 e. The van der Waals surface area contributed by atoms with Crippen molar-refractivity contribution in [2.45, 2.75) is 19.9 Å². The number of esters is 2. The summed E-state index contributed by atoms with van der Waals surface area (Å²) in [6, 6.07) is 14.4. The number of carbonyl (C=O) groups excluding carboxylic acids is 2. The molecule has 11 heteroatoms. The molecule has 0 amide bonds. The van der Waals surface area contributed by atoms with Crippen molar-refractivity contribution in [3.63, 3.8) is 0 Å². The van der Waals surface area contributed by atoms with Crippen LogP contribution >= 0.6 is 11.3 Å². The van der Waals surface area contributed by atoms with Gasteiger partial charge in [-0.05, 0) is 67.4 Å². The van der Waals surface area contributed by atoms with Gasteiger partial charge in [0.2, 0.25) is 5.76 Å². The number of allylic oxidation sites excluding steroid dienone is 1. The molecule has 0 N–H and O–H groups in total. The lowest BCUT2D eigenvalue weighted by atomic mass is 9.96. The fraction of sp³-hybridized carbons (Fsp3) is 0.200. The molecule has 2 aromatic carbocycles. The summed E-state index contributed by atoms with van der Waals surface area (Å²) < 4.78 is 28.5. The Labute approximate surface area is 238 Å². The molecule has 0 radical (unpaired) electrons. The van der Waals surface area contributed by atoms with E-state index in [-0.39, 0.29) is 23.7 Å². The first-order chi connectivity index (χ1) is 19.8. The van der Waals surface area contributed by atoms with Crippen molar-refractivity contribution < 1.29 is 33.0 Å². The summed E-state index contributed by atoms with van der Waals surface area (Å²) in [6.45, 7) is 3.64. The van der Waals surface area contributed by atoms with Crippen molar-refractivity contribution in [3.8, 4) is 17.2 Å². The van der Waals surface area contributed by atoms with Crippen LogP contribution in [0.5, 0.6) is 17.2 Å². The van der Waals surface area contributed by atoms with Gasteiger partial charge in [-0.3, -0.25) is 9.36 Å². The number of benzene rings is 2. The van der Waals surface area contributed by atoms with E-state index in [0.717, 1.165) is 0 Å². The van der Waals surface area contributed by atoms with Gasteiger partial charge in [0.25, 0.3) is 5.56 Å². The van der Waals surface area contributed by atoms with Gasteiger partial charge in [-0.25, -0.2) is 14.6 Å². The van der Waals surface area contributed by atoms with Crippen LogP contribution in [0, 0.1) is 0 Å². The number of methoxy groups -OCH3 is 2. The molecule has 0 fully saturated rings. The number of aromatic nitrogens is 1. The largest absolute Gasteiger partial charge is 0.497 e. The number of hydrogen-bond donors (Lipinski definition) is 0. The lowest BCUT2D eigenvalue weighted by Crippen LogP contribution is -2.39. The third kappa shape index (κ3) is 5.44. The summed E-state index contributed by atoms with van der Waals surface area (Å²) in [7, 11) is 3.02. The summed E-state index contributed by atoms with van der Waals surface area (Å²) in [5.74, 6) is -0.00783. The minimum absolute atomic E-state index is 0.0566. The number of hydrogen-bond acceptors (Lipinski definition) is 10. The summed E-state index contributed by atoms with van der Waals surface area (Å²) in [5, 5.41) is 0. The van der Waals surface area contributed by atoms with Crippen LogP contribution in [-0.2, 0) is 9.53 Å². The fourth-order valence-electron chi connectivity index (χ4n) is 4.45. The molecule has 210 valence electrons. The number of nitrogens with zero attached hydrogens (tertiary/aromatic N) is 2. The molecular weight excluding hydrogens is 548 g/mol. The van der Waals surface area contributed by atoms with Crippen molar-refractivity contribution >= 4 is 29.4 Å². The zero-order chi connectivity index (χ0) is 29.1. The van der Waals surface area contributed by atoms with E-state index in [1.807, 2.05) is 12.1 Å². The molecule has 0 spiro atoms. The molecule has 5 rings (SSSR count). The predicted octanol–water partition coefficient (Wildman–Crippen LogP) is 3.63. The van der Waals surface area contributed by atoms with Crippen molar-refractivity contribution in [1.29, 1.82) is 0 Å². The molecule has 1 aliphatic heterocycles. The van der Waals surface area contributed by atoms with Gasteiger partial charge in [-0.2, -0.15) is 0 Å². The molecule has 0 saturated carbocycles. The molecule has 4 aromatic rings. The van der Waals surface area contributed by atoms with Gasteiger partial charge in [0.15, 0.2) is 16.3 Å². The third-order valence-electron chi connectivity index (χ3n) is 6.36. The van der Waals surface area contributed by atoms with Gasteiger partial charge in [0, 0.05) is 0 Å². The Morgan fingerprint density at radius 3 is 2.49 bits per heavy atom. The zero-order valence-corrected chi connectivity index (χ0v) is 23.5. The molecule has 1 atom stereocenters. The van der Waals surface area contributed by atoms with Crippen molar-refractivity contribution in [2.75, 3.05) is 20.8 Å². The predicted molar refractivity (Wildman–Crippen MR) is 150 cm³/mol. The second kappa shape index (κ2) is 11.7. The van der Waals surface area contributed by atoms with Crippen LogP contribution in [0.4, 0.5) is 0 Å². The maximum Gasteiger partial charge on any atom is 0.379 e. The molecule has 3 heterocycles. The highest BCUT2D eigenvalue weighted by Crippen LogP contribution is 2.32. The van der Waals surface area contributed by atoms with E-state index >= 15 is 0 Å². The summed E-state index contributed by atoms with van der Waals surface area (Å²) in [5.41, 5.74) is 1.78. The van der Waals surface area contributed by atoms with Gasteiger partial charge < -0.3 is 23.4 Å². The Morgan fingerprint density at radius 1 is 1.05 bits per heavy atom. The molecule has 0 bridgehead atoms. The summed E-state index contributed by atoms with van der Waals surface area (Å²) in [6.07, 6.45) is 3.07. The van der Waals surface area contributed by atoms with E-state index in [9.17, 15) is 14.4 Å². The van der Waals surface area contributed by atoms with Gasteiger partial charge in [0.1, 0.15) is 5.75 Å². The second-order valence-corrected chi connectivity index (χ2v) is 9.86. The molecule has 0 unspecified atom stereocenters. The average Bonchev–Trinajstić information content (AvgIpc) is 3.62. The number of ether oxygens (including phenoxy) is 4. The summed E-state index contributed by atoms with van der Waals surface area (Å²) >= 11 is 1.20. The maximum absolute atomic E-state index is 13.8. The molecule has 10 nitrogen and oxygen atoms in total. The van der Waals surface area contributed by atoms with E-state index < -0.39 is 18.0 Å². The monoisotopic (exact) mass is 574 g/mol. The van der Waals surface area contributed by atoms with E-state index in [2.05, 4.69) is 4.99 Å². The first kappa shape index (κ1) is 27.7. The zero-order valence-electron chi connectivity index (χ0n) is 22.7. The van der Waals surface area contributed by atoms with E-state index in [4.69, 9.17) is 23.4 Å². The van der Waals surface area contributed by atoms with Gasteiger partial charge in [-0.1, -0.05) is 29.5 Å². The van der Waals surface area contributed by atoms with Crippen LogP contribution in [0.25, 0.3) is 6.08 Å². The lowest BCUT2D eigenvalue weighted by Gasteiger charge is -2.24. The van der Waals surface area contributed by atoms with Crippen LogP contribution in [0.15, 0.2) is 86.3 Å². The fourth-order valence-corrected chi connectivity index (χ4v) is 5.49. The summed E-state index contributed by atoms with van der Waals surface area (Å²) in [4.78, 5) is 44.2. The second-order valence-electron chi connectivity index (χ2n) is 8.85. The normalized spacial score (nSPS) is 14.7. The first-order valence-electron chi connectivity index (χ1n) is 12.6. The highest BCUT2D eigenvalue weighted by atomic mass is 32.1. The van der Waals surface area contributed by atoms with Gasteiger partial charge in [0.05, 0.1) is 48.9 Å². The van der Waals surface area contributed by atoms with Crippen molar-refractivity contribution in [3.05, 3.63) is 109 Å². The minimum atomic E-state index is -0.740. The van der Waals surface area contributed by atoms with Crippen molar-refractivity contribution in [2.24, 2.45) is 4.99 Å². The Kier molecular flexibility index (Phi) is 7.88. The SMILES string of the molecule is CCOC(=O)C1=C(C)N=c2sc(=Cc3ccc(OC(=O)c4ccco4)c(OC)c3)c(=O)n2[C@@H]1c1ccc(OC)cc1. The molecular formula is C30H26N2O8S. The van der Waals surface area contributed by atoms with E-state index in [1.54, 1.807) is 63.4 Å². The van der Waals surface area contributed by atoms with Crippen molar-refractivity contribution in [1.82, 2.24) is 4.57 Å². The first-order valence-corrected chi connectivity index (χ1v) is 13.4. The van der Waals surface area contributed by atoms with Crippen LogP contribution in [0.1, 0.15) is 41.6 Å². The molecule has 0 saturated heterocycles. The Hall–Kier alpha value is -4.90. The van der Waals surface area contributed by atoms with Gasteiger partial charge >= 0.3 is 11.9 Å². The number of carbonyl (C=O) groups is 2. The number of rotatable bonds is 8. The number of furan rings is 1. The highest BCUT2D eigenvalue weighted by Gasteiger charge is 2.33. The lowest BCUT2D eigenvalue weighted by molar-refractivity contribution is -0.139. The Bertz CT molecular complexity index is 1820. The van der Waals surface area contributed by atoms with Crippen LogP contribution in [0.2, 0.25) is 0 Å². The Morgan fingerprint density at radius 2 is 1.83 bits per heavy atom. The van der Waals surface area contributed by atoms with E-state index in [1.165, 1.54) is 35.3 Å². The quantitative estimate of drug-likeness (QED) is 0.231. The number of thiazole rings is 1. The molecule has 0 aliphatic carbocycles. The number of fused-ring (bicyclic) bond motifs is 1. The van der Waals surface area contributed by atoms with Crippen LogP contribution in [-0.4, -0.2) is 37.3 Å². The topological polar surface area (TPSA) is 119 Å². The molecule has 41 heavy (non-hydrogen) atoms. The standard InChI is InChI=1S/C30H26N2O8S/c1-5-38-29(35)25-17(2)31-30-32(26(25)19-9-11-20(36-3)12-10-19)27(33)24(41-30)16-18-8-13-21(23(15-18)37-4)40-28(34)22-7-6-14-39-22/h6-16,26H,5H2,1-4H3/t26-/m1/s1. The highest BCUT2D eigenvalue weighted by molar-refractivity contribution is 7.07.